The van der Waals surface area contributed by atoms with Crippen LogP contribution in [0.2, 0.25) is 0 Å². The van der Waals surface area contributed by atoms with Gasteiger partial charge in [-0.2, -0.15) is 0 Å². The first kappa shape index (κ1) is 19.0. The van der Waals surface area contributed by atoms with E-state index in [1.807, 2.05) is 25.1 Å². The molecule has 134 valence electrons. The molecule has 0 saturated heterocycles. The molecule has 2 aromatic rings. The number of hydrogen-bond acceptors (Lipinski definition) is 2. The standard InChI is InChI=1S/C22H29NO2/c1-16(2)20-10-7-18(8-11-20)6-5-13-23-22(24)15-19-9-12-21(25-4)17(3)14-19/h7-12,14,16H,5-6,13,15H2,1-4H3,(H,23,24). The van der Waals surface area contributed by atoms with Crippen LogP contribution in [0.25, 0.3) is 0 Å². The lowest BCUT2D eigenvalue weighted by molar-refractivity contribution is -0.120. The zero-order chi connectivity index (χ0) is 18.2. The van der Waals surface area contributed by atoms with Crippen LogP contribution in [0.3, 0.4) is 0 Å². The Kier molecular flexibility index (Phi) is 7.05. The van der Waals surface area contributed by atoms with Crippen LogP contribution in [-0.4, -0.2) is 19.6 Å². The van der Waals surface area contributed by atoms with Gasteiger partial charge in [0.2, 0.25) is 5.91 Å². The molecule has 0 spiro atoms. The lowest BCUT2D eigenvalue weighted by Crippen LogP contribution is -2.26. The molecule has 25 heavy (non-hydrogen) atoms. The van der Waals surface area contributed by atoms with E-state index < -0.39 is 0 Å². The lowest BCUT2D eigenvalue weighted by atomic mass is 10.0. The van der Waals surface area contributed by atoms with Gasteiger partial charge in [-0.15, -0.1) is 0 Å². The monoisotopic (exact) mass is 339 g/mol. The first-order valence-electron chi connectivity index (χ1n) is 8.98. The number of amides is 1. The largest absolute Gasteiger partial charge is 0.496 e. The third-order valence-electron chi connectivity index (χ3n) is 4.43. The Morgan fingerprint density at radius 3 is 2.36 bits per heavy atom. The number of rotatable bonds is 8. The van der Waals surface area contributed by atoms with Crippen LogP contribution >= 0.6 is 0 Å². The number of nitrogens with one attached hydrogen (secondary N) is 1. The van der Waals surface area contributed by atoms with Crippen molar-refractivity contribution in [1.82, 2.24) is 5.32 Å². The molecular formula is C22H29NO2. The Labute approximate surface area is 151 Å². The van der Waals surface area contributed by atoms with Crippen molar-refractivity contribution in [1.29, 1.82) is 0 Å². The topological polar surface area (TPSA) is 38.3 Å². The number of methoxy groups -OCH3 is 1. The highest BCUT2D eigenvalue weighted by atomic mass is 16.5. The zero-order valence-electron chi connectivity index (χ0n) is 15.8. The second kappa shape index (κ2) is 9.26. The molecule has 0 aliphatic rings. The van der Waals surface area contributed by atoms with E-state index in [1.54, 1.807) is 7.11 Å². The Bertz CT molecular complexity index is 690. The summed E-state index contributed by atoms with van der Waals surface area (Å²) in [6, 6.07) is 14.7. The maximum absolute atomic E-state index is 12.1. The molecule has 0 fully saturated rings. The van der Waals surface area contributed by atoms with Crippen LogP contribution in [0.15, 0.2) is 42.5 Å². The minimum atomic E-state index is 0.0692. The first-order valence-corrected chi connectivity index (χ1v) is 8.98. The molecule has 0 aromatic heterocycles. The molecule has 0 bridgehead atoms. The van der Waals surface area contributed by atoms with Crippen molar-refractivity contribution in [3.63, 3.8) is 0 Å². The summed E-state index contributed by atoms with van der Waals surface area (Å²) >= 11 is 0. The molecule has 0 atom stereocenters. The van der Waals surface area contributed by atoms with E-state index in [0.29, 0.717) is 18.9 Å². The van der Waals surface area contributed by atoms with Crippen LogP contribution in [0.1, 0.15) is 48.4 Å². The number of carbonyl (C=O) groups is 1. The van der Waals surface area contributed by atoms with Crippen molar-refractivity contribution in [2.45, 2.75) is 46.0 Å². The van der Waals surface area contributed by atoms with Crippen LogP contribution < -0.4 is 10.1 Å². The Morgan fingerprint density at radius 1 is 1.08 bits per heavy atom. The highest BCUT2D eigenvalue weighted by Gasteiger charge is 2.06. The highest BCUT2D eigenvalue weighted by Crippen LogP contribution is 2.18. The van der Waals surface area contributed by atoms with Gasteiger partial charge in [-0.25, -0.2) is 0 Å². The van der Waals surface area contributed by atoms with E-state index in [-0.39, 0.29) is 5.91 Å². The quantitative estimate of drug-likeness (QED) is 0.723. The van der Waals surface area contributed by atoms with E-state index in [2.05, 4.69) is 43.4 Å². The van der Waals surface area contributed by atoms with E-state index >= 15 is 0 Å². The van der Waals surface area contributed by atoms with Crippen molar-refractivity contribution in [3.8, 4) is 5.75 Å². The molecule has 0 saturated carbocycles. The van der Waals surface area contributed by atoms with Gasteiger partial charge >= 0.3 is 0 Å². The van der Waals surface area contributed by atoms with Gasteiger partial charge in [0.15, 0.2) is 0 Å². The molecule has 3 nitrogen and oxygen atoms in total. The number of ether oxygens (including phenoxy) is 1. The van der Waals surface area contributed by atoms with E-state index in [1.165, 1.54) is 11.1 Å². The maximum atomic E-state index is 12.1. The Balaban J connectivity index is 1.72. The van der Waals surface area contributed by atoms with E-state index in [4.69, 9.17) is 4.74 Å². The first-order chi connectivity index (χ1) is 12.0. The summed E-state index contributed by atoms with van der Waals surface area (Å²) in [4.78, 5) is 12.1. The van der Waals surface area contributed by atoms with Crippen molar-refractivity contribution in [2.75, 3.05) is 13.7 Å². The minimum absolute atomic E-state index is 0.0692. The van der Waals surface area contributed by atoms with Gasteiger partial charge in [0.1, 0.15) is 5.75 Å². The predicted octanol–water partition coefficient (Wildman–Crippen LogP) is 4.42. The van der Waals surface area contributed by atoms with Crippen LogP contribution in [0.4, 0.5) is 0 Å². The molecule has 1 amide bonds. The molecule has 0 heterocycles. The average Bonchev–Trinajstić information content (AvgIpc) is 2.59. The zero-order valence-corrected chi connectivity index (χ0v) is 15.8. The Hall–Kier alpha value is -2.29. The summed E-state index contributed by atoms with van der Waals surface area (Å²) < 4.78 is 5.25. The molecule has 0 radical (unpaired) electrons. The average molecular weight is 339 g/mol. The van der Waals surface area contributed by atoms with Crippen molar-refractivity contribution >= 4 is 5.91 Å². The maximum Gasteiger partial charge on any atom is 0.224 e. The van der Waals surface area contributed by atoms with Gasteiger partial charge in [-0.1, -0.05) is 50.2 Å². The van der Waals surface area contributed by atoms with Gasteiger partial charge in [0, 0.05) is 6.54 Å². The molecule has 2 rings (SSSR count). The van der Waals surface area contributed by atoms with Crippen LogP contribution in [-0.2, 0) is 17.6 Å². The fraction of sp³-hybridized carbons (Fsp3) is 0.409. The molecule has 1 N–H and O–H groups in total. The second-order valence-electron chi connectivity index (χ2n) is 6.83. The van der Waals surface area contributed by atoms with Gasteiger partial charge in [0.25, 0.3) is 0 Å². The predicted molar refractivity (Wildman–Crippen MR) is 103 cm³/mol. The van der Waals surface area contributed by atoms with Gasteiger partial charge in [0.05, 0.1) is 13.5 Å². The van der Waals surface area contributed by atoms with Gasteiger partial charge < -0.3 is 10.1 Å². The molecular weight excluding hydrogens is 310 g/mol. The Morgan fingerprint density at radius 2 is 1.76 bits per heavy atom. The van der Waals surface area contributed by atoms with Gasteiger partial charge in [-0.3, -0.25) is 4.79 Å². The molecule has 2 aromatic carbocycles. The second-order valence-corrected chi connectivity index (χ2v) is 6.83. The fourth-order valence-electron chi connectivity index (χ4n) is 2.89. The molecule has 0 unspecified atom stereocenters. The molecule has 0 aliphatic heterocycles. The number of carbonyl (C=O) groups excluding carboxylic acids is 1. The third kappa shape index (κ3) is 5.93. The number of benzene rings is 2. The summed E-state index contributed by atoms with van der Waals surface area (Å²) in [5.74, 6) is 1.49. The SMILES string of the molecule is COc1ccc(CC(=O)NCCCc2ccc(C(C)C)cc2)cc1C. The van der Waals surface area contributed by atoms with Crippen molar-refractivity contribution in [3.05, 3.63) is 64.7 Å². The molecule has 0 aliphatic carbocycles. The minimum Gasteiger partial charge on any atom is -0.496 e. The highest BCUT2D eigenvalue weighted by molar-refractivity contribution is 5.78. The fourth-order valence-corrected chi connectivity index (χ4v) is 2.89. The normalized spacial score (nSPS) is 10.8. The van der Waals surface area contributed by atoms with E-state index in [0.717, 1.165) is 29.7 Å². The number of aryl methyl sites for hydroxylation is 2. The van der Waals surface area contributed by atoms with Crippen LogP contribution in [0, 0.1) is 6.92 Å². The lowest BCUT2D eigenvalue weighted by Gasteiger charge is -2.09. The summed E-state index contributed by atoms with van der Waals surface area (Å²) in [6.45, 7) is 7.11. The van der Waals surface area contributed by atoms with Crippen molar-refractivity contribution < 1.29 is 9.53 Å². The third-order valence-corrected chi connectivity index (χ3v) is 4.43. The summed E-state index contributed by atoms with van der Waals surface area (Å²) in [5, 5.41) is 3.01. The molecule has 3 heteroatoms. The van der Waals surface area contributed by atoms with Crippen LogP contribution in [0.5, 0.6) is 5.75 Å². The van der Waals surface area contributed by atoms with Crippen molar-refractivity contribution in [2.24, 2.45) is 0 Å². The van der Waals surface area contributed by atoms with E-state index in [9.17, 15) is 4.79 Å². The van der Waals surface area contributed by atoms with Gasteiger partial charge in [-0.05, 0) is 54.0 Å². The summed E-state index contributed by atoms with van der Waals surface area (Å²) in [7, 11) is 1.66. The number of hydrogen-bond donors (Lipinski definition) is 1. The summed E-state index contributed by atoms with van der Waals surface area (Å²) in [5.41, 5.74) is 4.76. The summed E-state index contributed by atoms with van der Waals surface area (Å²) in [6.07, 6.45) is 2.35. The smallest absolute Gasteiger partial charge is 0.224 e.